The highest BCUT2D eigenvalue weighted by Crippen LogP contribution is 2.23. The number of Topliss-reactive ketones (excluding diaryl/α,β-unsaturated/α-hetero) is 1. The molecule has 0 unspecified atom stereocenters. The Hall–Kier alpha value is -1.07. The molecule has 0 bridgehead atoms. The third-order valence-electron chi connectivity index (χ3n) is 1.86. The Labute approximate surface area is 99.3 Å². The van der Waals surface area contributed by atoms with Crippen molar-refractivity contribution in [3.8, 4) is 0 Å². The van der Waals surface area contributed by atoms with Crippen LogP contribution in [-0.4, -0.2) is 15.8 Å². The first-order valence-electron chi connectivity index (χ1n) is 4.28. The lowest BCUT2D eigenvalue weighted by Crippen LogP contribution is -2.05. The van der Waals surface area contributed by atoms with Gasteiger partial charge in [0.15, 0.2) is 5.78 Å². The van der Waals surface area contributed by atoms with Gasteiger partial charge < -0.3 is 0 Å². The molecule has 0 spiro atoms. The van der Waals surface area contributed by atoms with Crippen molar-refractivity contribution in [1.82, 2.24) is 9.97 Å². The number of thiophene rings is 1. The van der Waals surface area contributed by atoms with Crippen LogP contribution in [0.5, 0.6) is 0 Å². The summed E-state index contributed by atoms with van der Waals surface area (Å²) in [6.07, 6.45) is 4.94. The van der Waals surface area contributed by atoms with Crippen molar-refractivity contribution in [1.29, 1.82) is 0 Å². The predicted octanol–water partition coefficient (Wildman–Crippen LogP) is 2.73. The monoisotopic (exact) mass is 282 g/mol. The Balaban J connectivity index is 2.15. The van der Waals surface area contributed by atoms with Gasteiger partial charge in [-0.05, 0) is 27.4 Å². The van der Waals surface area contributed by atoms with Crippen molar-refractivity contribution < 1.29 is 4.79 Å². The number of nitrogens with zero attached hydrogens (tertiary/aromatic N) is 2. The summed E-state index contributed by atoms with van der Waals surface area (Å²) in [7, 11) is 0. The van der Waals surface area contributed by atoms with E-state index in [0.29, 0.717) is 12.1 Å². The smallest absolute Gasteiger partial charge is 0.187 e. The molecule has 0 saturated carbocycles. The van der Waals surface area contributed by atoms with Crippen LogP contribution in [0, 0.1) is 0 Å². The van der Waals surface area contributed by atoms with Gasteiger partial charge in [-0.25, -0.2) is 4.98 Å². The van der Waals surface area contributed by atoms with Crippen molar-refractivity contribution in [3.05, 3.63) is 45.1 Å². The molecule has 0 aliphatic heterocycles. The molecule has 0 radical (unpaired) electrons. The summed E-state index contributed by atoms with van der Waals surface area (Å²) >= 11 is 4.95. The molecule has 5 heteroatoms. The van der Waals surface area contributed by atoms with Gasteiger partial charge in [0.2, 0.25) is 0 Å². The minimum absolute atomic E-state index is 0.00810. The average molecular weight is 283 g/mol. The molecule has 2 heterocycles. The zero-order valence-electron chi connectivity index (χ0n) is 7.68. The maximum atomic E-state index is 11.7. The van der Waals surface area contributed by atoms with E-state index in [1.54, 1.807) is 17.5 Å². The summed E-state index contributed by atoms with van der Waals surface area (Å²) in [5.74, 6) is -0.00810. The third kappa shape index (κ3) is 2.49. The Kier molecular flexibility index (Phi) is 3.23. The third-order valence-corrected chi connectivity index (χ3v) is 3.79. The van der Waals surface area contributed by atoms with Crippen molar-refractivity contribution >= 4 is 33.0 Å². The molecule has 0 aliphatic carbocycles. The normalized spacial score (nSPS) is 10.2. The quantitative estimate of drug-likeness (QED) is 0.813. The molecular formula is C10H7BrN2OS. The second-order valence-electron chi connectivity index (χ2n) is 2.88. The molecule has 0 amide bonds. The van der Waals surface area contributed by atoms with E-state index < -0.39 is 0 Å². The topological polar surface area (TPSA) is 42.9 Å². The first-order valence-corrected chi connectivity index (χ1v) is 5.95. The van der Waals surface area contributed by atoms with E-state index in [1.807, 2.05) is 11.4 Å². The van der Waals surface area contributed by atoms with E-state index in [9.17, 15) is 4.79 Å². The average Bonchev–Trinajstić information content (AvgIpc) is 2.66. The lowest BCUT2D eigenvalue weighted by atomic mass is 10.2. The summed E-state index contributed by atoms with van der Waals surface area (Å²) in [5.41, 5.74) is 0.415. The minimum atomic E-state index is -0.00810. The zero-order valence-corrected chi connectivity index (χ0v) is 10.1. The number of rotatable bonds is 3. The zero-order chi connectivity index (χ0) is 10.7. The van der Waals surface area contributed by atoms with Gasteiger partial charge in [-0.15, -0.1) is 11.3 Å². The highest BCUT2D eigenvalue weighted by atomic mass is 79.9. The summed E-state index contributed by atoms with van der Waals surface area (Å²) in [5, 5.41) is 1.95. The number of carbonyl (C=O) groups excluding carboxylic acids is 1. The molecule has 0 fully saturated rings. The molecule has 0 atom stereocenters. The van der Waals surface area contributed by atoms with Gasteiger partial charge >= 0.3 is 0 Å². The lowest BCUT2D eigenvalue weighted by Gasteiger charge is -1.97. The van der Waals surface area contributed by atoms with Crippen molar-refractivity contribution in [3.63, 3.8) is 0 Å². The molecule has 2 aromatic rings. The van der Waals surface area contributed by atoms with Crippen LogP contribution in [0.4, 0.5) is 0 Å². The lowest BCUT2D eigenvalue weighted by molar-refractivity contribution is 0.0988. The van der Waals surface area contributed by atoms with Gasteiger partial charge in [0.25, 0.3) is 0 Å². The molecule has 3 nitrogen and oxygen atoms in total. The Bertz CT molecular complexity index is 469. The van der Waals surface area contributed by atoms with Gasteiger partial charge in [0.05, 0.1) is 6.20 Å². The van der Waals surface area contributed by atoms with Crippen LogP contribution in [0.15, 0.2) is 34.5 Å². The first kappa shape index (κ1) is 10.4. The van der Waals surface area contributed by atoms with Crippen LogP contribution in [0.25, 0.3) is 0 Å². The molecule has 0 aromatic carbocycles. The van der Waals surface area contributed by atoms with Gasteiger partial charge in [0.1, 0.15) is 5.69 Å². The molecule has 0 saturated heterocycles. The predicted molar refractivity (Wildman–Crippen MR) is 62.1 cm³/mol. The second-order valence-corrected chi connectivity index (χ2v) is 4.74. The van der Waals surface area contributed by atoms with Gasteiger partial charge in [-0.2, -0.15) is 0 Å². The number of aromatic nitrogens is 2. The number of halogens is 1. The molecule has 2 aromatic heterocycles. The van der Waals surface area contributed by atoms with E-state index in [1.165, 1.54) is 12.4 Å². The Morgan fingerprint density at radius 1 is 1.47 bits per heavy atom. The summed E-state index contributed by atoms with van der Waals surface area (Å²) in [6, 6.07) is 1.93. The van der Waals surface area contributed by atoms with Crippen molar-refractivity contribution in [2.75, 3.05) is 0 Å². The molecule has 15 heavy (non-hydrogen) atoms. The first-order chi connectivity index (χ1) is 7.27. The Morgan fingerprint density at radius 2 is 2.33 bits per heavy atom. The number of hydrogen-bond donors (Lipinski definition) is 0. The summed E-state index contributed by atoms with van der Waals surface area (Å²) in [4.78, 5) is 20.6. The van der Waals surface area contributed by atoms with E-state index in [2.05, 4.69) is 25.9 Å². The van der Waals surface area contributed by atoms with Crippen molar-refractivity contribution in [2.45, 2.75) is 6.42 Å². The van der Waals surface area contributed by atoms with E-state index in [-0.39, 0.29) is 5.78 Å². The van der Waals surface area contributed by atoms with E-state index in [4.69, 9.17) is 0 Å². The largest absolute Gasteiger partial charge is 0.292 e. The van der Waals surface area contributed by atoms with Crippen LogP contribution in [0.3, 0.4) is 0 Å². The van der Waals surface area contributed by atoms with Crippen LogP contribution >= 0.6 is 27.3 Å². The highest BCUT2D eigenvalue weighted by molar-refractivity contribution is 9.10. The summed E-state index contributed by atoms with van der Waals surface area (Å²) < 4.78 is 0.977. The maximum Gasteiger partial charge on any atom is 0.187 e. The van der Waals surface area contributed by atoms with Gasteiger partial charge in [-0.1, -0.05) is 0 Å². The van der Waals surface area contributed by atoms with Crippen LogP contribution in [0.1, 0.15) is 15.4 Å². The minimum Gasteiger partial charge on any atom is -0.292 e. The molecule has 2 rings (SSSR count). The highest BCUT2D eigenvalue weighted by Gasteiger charge is 2.11. The van der Waals surface area contributed by atoms with Gasteiger partial charge in [0, 0.05) is 28.2 Å². The van der Waals surface area contributed by atoms with Crippen LogP contribution in [-0.2, 0) is 6.42 Å². The number of carbonyl (C=O) groups is 1. The summed E-state index contributed by atoms with van der Waals surface area (Å²) in [6.45, 7) is 0. The number of ketones is 1. The maximum absolute atomic E-state index is 11.7. The van der Waals surface area contributed by atoms with Crippen LogP contribution < -0.4 is 0 Å². The fourth-order valence-corrected chi connectivity index (χ4v) is 2.62. The standard InChI is InChI=1S/C10H7BrN2OS/c11-7-1-4-15-10(7)5-9(14)8-6-12-2-3-13-8/h1-4,6H,5H2. The fourth-order valence-electron chi connectivity index (χ4n) is 1.13. The fraction of sp³-hybridized carbons (Fsp3) is 0.100. The van der Waals surface area contributed by atoms with Crippen molar-refractivity contribution in [2.24, 2.45) is 0 Å². The second kappa shape index (κ2) is 4.63. The molecule has 76 valence electrons. The molecule has 0 N–H and O–H groups in total. The van der Waals surface area contributed by atoms with Crippen LogP contribution in [0.2, 0.25) is 0 Å². The van der Waals surface area contributed by atoms with Gasteiger partial charge in [-0.3, -0.25) is 9.78 Å². The Morgan fingerprint density at radius 3 is 2.93 bits per heavy atom. The molecule has 0 aliphatic rings. The molecular weight excluding hydrogens is 276 g/mol. The number of hydrogen-bond acceptors (Lipinski definition) is 4. The SMILES string of the molecule is O=C(Cc1sccc1Br)c1cnccn1. The van der Waals surface area contributed by atoms with E-state index in [0.717, 1.165) is 9.35 Å². The van der Waals surface area contributed by atoms with E-state index >= 15 is 0 Å².